The summed E-state index contributed by atoms with van der Waals surface area (Å²) >= 11 is 0. The maximum absolute atomic E-state index is 5.86. The summed E-state index contributed by atoms with van der Waals surface area (Å²) in [5.41, 5.74) is 4.35. The molecule has 2 aromatic carbocycles. The zero-order valence-electron chi connectivity index (χ0n) is 17.4. The summed E-state index contributed by atoms with van der Waals surface area (Å²) in [6.07, 6.45) is 7.76. The Morgan fingerprint density at radius 2 is 1.10 bits per heavy atom. The number of ether oxygens (including phenoxy) is 2. The predicted octanol–water partition coefficient (Wildman–Crippen LogP) is 4.52. The molecule has 0 unspecified atom stereocenters. The van der Waals surface area contributed by atoms with E-state index in [0.717, 1.165) is 33.8 Å². The minimum Gasteiger partial charge on any atom is -0.491 e. The summed E-state index contributed by atoms with van der Waals surface area (Å²) in [7, 11) is 0. The fourth-order valence-corrected chi connectivity index (χ4v) is 3.20. The van der Waals surface area contributed by atoms with E-state index >= 15 is 0 Å². The van der Waals surface area contributed by atoms with Gasteiger partial charge in [0.25, 0.3) is 0 Å². The standard InChI is InChI=1S/C24H26N4O2/c1-19-7-3-5-9-23(19)29-13-11-27-17-21(15-25-27)22-16-26-28(18-22)12-14-30-24-10-6-4-8-20(24)2/h3-10,15-18H,11-14H2,1-2H3. The van der Waals surface area contributed by atoms with Gasteiger partial charge >= 0.3 is 0 Å². The van der Waals surface area contributed by atoms with Gasteiger partial charge in [-0.3, -0.25) is 9.36 Å². The van der Waals surface area contributed by atoms with Gasteiger partial charge in [-0.05, 0) is 37.1 Å². The van der Waals surface area contributed by atoms with Crippen LogP contribution in [-0.2, 0) is 13.1 Å². The van der Waals surface area contributed by atoms with Crippen LogP contribution in [0.25, 0.3) is 11.1 Å². The summed E-state index contributed by atoms with van der Waals surface area (Å²) in [6.45, 7) is 6.61. The van der Waals surface area contributed by atoms with E-state index in [1.54, 1.807) is 0 Å². The number of benzene rings is 2. The molecule has 0 spiro atoms. The number of aryl methyl sites for hydroxylation is 2. The second-order valence-electron chi connectivity index (χ2n) is 7.21. The monoisotopic (exact) mass is 402 g/mol. The van der Waals surface area contributed by atoms with Crippen molar-refractivity contribution in [3.63, 3.8) is 0 Å². The molecule has 154 valence electrons. The number of rotatable bonds is 9. The molecule has 0 aliphatic rings. The summed E-state index contributed by atoms with van der Waals surface area (Å²) in [5, 5.41) is 8.88. The Morgan fingerprint density at radius 3 is 1.53 bits per heavy atom. The normalized spacial score (nSPS) is 10.9. The molecule has 6 heteroatoms. The number of hydrogen-bond acceptors (Lipinski definition) is 4. The van der Waals surface area contributed by atoms with Crippen molar-refractivity contribution in [2.24, 2.45) is 0 Å². The van der Waals surface area contributed by atoms with E-state index in [-0.39, 0.29) is 0 Å². The molecule has 0 saturated carbocycles. The third kappa shape index (κ3) is 4.89. The van der Waals surface area contributed by atoms with E-state index in [1.807, 2.05) is 96.5 Å². The second kappa shape index (κ2) is 9.31. The van der Waals surface area contributed by atoms with Gasteiger partial charge in [-0.25, -0.2) is 0 Å². The molecule has 6 nitrogen and oxygen atoms in total. The molecule has 2 aromatic heterocycles. The van der Waals surface area contributed by atoms with Crippen LogP contribution in [0.15, 0.2) is 73.3 Å². The number of nitrogens with zero attached hydrogens (tertiary/aromatic N) is 4. The van der Waals surface area contributed by atoms with Gasteiger partial charge in [0, 0.05) is 23.5 Å². The van der Waals surface area contributed by atoms with E-state index in [0.29, 0.717) is 26.3 Å². The average Bonchev–Trinajstić information content (AvgIpc) is 3.40. The first-order valence-electron chi connectivity index (χ1n) is 10.1. The van der Waals surface area contributed by atoms with Crippen molar-refractivity contribution >= 4 is 0 Å². The van der Waals surface area contributed by atoms with E-state index in [4.69, 9.17) is 9.47 Å². The van der Waals surface area contributed by atoms with Crippen LogP contribution in [0.3, 0.4) is 0 Å². The van der Waals surface area contributed by atoms with Gasteiger partial charge in [0.1, 0.15) is 24.7 Å². The van der Waals surface area contributed by atoms with Gasteiger partial charge in [0.05, 0.1) is 25.5 Å². The number of aromatic nitrogens is 4. The molecule has 0 saturated heterocycles. The van der Waals surface area contributed by atoms with Crippen LogP contribution in [0.2, 0.25) is 0 Å². The Balaban J connectivity index is 1.28. The third-order valence-electron chi connectivity index (χ3n) is 4.94. The minimum atomic E-state index is 0.571. The Hall–Kier alpha value is -3.54. The van der Waals surface area contributed by atoms with Gasteiger partial charge in [-0.1, -0.05) is 36.4 Å². The Kier molecular flexibility index (Phi) is 6.13. The van der Waals surface area contributed by atoms with Crippen molar-refractivity contribution in [1.82, 2.24) is 19.6 Å². The van der Waals surface area contributed by atoms with Crippen LogP contribution in [0.5, 0.6) is 11.5 Å². The van der Waals surface area contributed by atoms with Crippen LogP contribution in [-0.4, -0.2) is 32.8 Å². The lowest BCUT2D eigenvalue weighted by Gasteiger charge is -2.08. The molecular weight excluding hydrogens is 376 g/mol. The maximum Gasteiger partial charge on any atom is 0.122 e. The molecule has 0 aliphatic carbocycles. The predicted molar refractivity (Wildman–Crippen MR) is 117 cm³/mol. The van der Waals surface area contributed by atoms with Crippen molar-refractivity contribution < 1.29 is 9.47 Å². The quantitative estimate of drug-likeness (QED) is 0.413. The topological polar surface area (TPSA) is 54.1 Å². The fourth-order valence-electron chi connectivity index (χ4n) is 3.20. The molecule has 4 rings (SSSR count). The highest BCUT2D eigenvalue weighted by atomic mass is 16.5. The molecule has 0 N–H and O–H groups in total. The summed E-state index contributed by atoms with van der Waals surface area (Å²) in [6, 6.07) is 16.1. The third-order valence-corrected chi connectivity index (χ3v) is 4.94. The zero-order valence-corrected chi connectivity index (χ0v) is 17.4. The highest BCUT2D eigenvalue weighted by molar-refractivity contribution is 5.59. The molecule has 0 aliphatic heterocycles. The second-order valence-corrected chi connectivity index (χ2v) is 7.21. The molecule has 0 amide bonds. The van der Waals surface area contributed by atoms with Crippen LogP contribution in [0.4, 0.5) is 0 Å². The first-order valence-corrected chi connectivity index (χ1v) is 10.1. The van der Waals surface area contributed by atoms with Gasteiger partial charge in [0.2, 0.25) is 0 Å². The maximum atomic E-state index is 5.86. The summed E-state index contributed by atoms with van der Waals surface area (Å²) < 4.78 is 15.5. The molecule has 0 atom stereocenters. The molecular formula is C24H26N4O2. The lowest BCUT2D eigenvalue weighted by atomic mass is 10.2. The lowest BCUT2D eigenvalue weighted by molar-refractivity contribution is 0.289. The Labute approximate surface area is 176 Å². The Bertz CT molecular complexity index is 1010. The summed E-state index contributed by atoms with van der Waals surface area (Å²) in [4.78, 5) is 0. The van der Waals surface area contributed by atoms with E-state index in [1.165, 1.54) is 0 Å². The van der Waals surface area contributed by atoms with E-state index in [9.17, 15) is 0 Å². The minimum absolute atomic E-state index is 0.571. The van der Waals surface area contributed by atoms with Crippen LogP contribution < -0.4 is 9.47 Å². The number of para-hydroxylation sites is 2. The van der Waals surface area contributed by atoms with E-state index < -0.39 is 0 Å². The first kappa shape index (κ1) is 19.8. The average molecular weight is 402 g/mol. The van der Waals surface area contributed by atoms with Crippen molar-refractivity contribution in [2.45, 2.75) is 26.9 Å². The van der Waals surface area contributed by atoms with E-state index in [2.05, 4.69) is 10.2 Å². The SMILES string of the molecule is Cc1ccccc1OCCn1cc(-c2cnn(CCOc3ccccc3C)c2)cn1. The van der Waals surface area contributed by atoms with Gasteiger partial charge in [-0.15, -0.1) is 0 Å². The van der Waals surface area contributed by atoms with Crippen LogP contribution >= 0.6 is 0 Å². The zero-order chi connectivity index (χ0) is 20.8. The molecule has 0 bridgehead atoms. The molecule has 2 heterocycles. The Morgan fingerprint density at radius 1 is 0.667 bits per heavy atom. The first-order chi connectivity index (χ1) is 14.7. The smallest absolute Gasteiger partial charge is 0.122 e. The van der Waals surface area contributed by atoms with Gasteiger partial charge in [0.15, 0.2) is 0 Å². The molecule has 0 fully saturated rings. The van der Waals surface area contributed by atoms with Gasteiger partial charge < -0.3 is 9.47 Å². The van der Waals surface area contributed by atoms with Crippen molar-refractivity contribution in [3.05, 3.63) is 84.4 Å². The van der Waals surface area contributed by atoms with Crippen molar-refractivity contribution in [1.29, 1.82) is 0 Å². The largest absolute Gasteiger partial charge is 0.491 e. The highest BCUT2D eigenvalue weighted by Crippen LogP contribution is 2.19. The fraction of sp³-hybridized carbons (Fsp3) is 0.250. The molecule has 30 heavy (non-hydrogen) atoms. The molecule has 0 radical (unpaired) electrons. The summed E-state index contributed by atoms with van der Waals surface area (Å²) in [5.74, 6) is 1.83. The van der Waals surface area contributed by atoms with Crippen LogP contribution in [0.1, 0.15) is 11.1 Å². The highest BCUT2D eigenvalue weighted by Gasteiger charge is 2.06. The lowest BCUT2D eigenvalue weighted by Crippen LogP contribution is -2.09. The number of hydrogen-bond donors (Lipinski definition) is 0. The van der Waals surface area contributed by atoms with Crippen molar-refractivity contribution in [2.75, 3.05) is 13.2 Å². The van der Waals surface area contributed by atoms with Crippen LogP contribution in [0, 0.1) is 13.8 Å². The van der Waals surface area contributed by atoms with Crippen molar-refractivity contribution in [3.8, 4) is 22.6 Å². The van der Waals surface area contributed by atoms with Gasteiger partial charge in [-0.2, -0.15) is 10.2 Å². The molecule has 4 aromatic rings.